The third kappa shape index (κ3) is 5.78. The summed E-state index contributed by atoms with van der Waals surface area (Å²) in [5.74, 6) is 1.03. The number of para-hydroxylation sites is 1. The number of anilines is 2. The fourth-order valence-electron chi connectivity index (χ4n) is 2.99. The number of hydrogen-bond acceptors (Lipinski definition) is 4. The van der Waals surface area contributed by atoms with Crippen LogP contribution in [0.4, 0.5) is 11.6 Å². The van der Waals surface area contributed by atoms with E-state index in [9.17, 15) is 4.79 Å². The molecule has 1 aromatic heterocycles. The molecule has 2 N–H and O–H groups in total. The minimum Gasteiger partial charge on any atom is -0.354 e. The summed E-state index contributed by atoms with van der Waals surface area (Å²) in [7, 11) is 0. The van der Waals surface area contributed by atoms with Crippen molar-refractivity contribution in [3.63, 3.8) is 0 Å². The van der Waals surface area contributed by atoms with Gasteiger partial charge in [0.1, 0.15) is 0 Å². The average Bonchev–Trinajstić information content (AvgIpc) is 2.65. The number of unbranched alkanes of at least 4 members (excludes halogenated alkanes) is 2. The first-order valence-electron chi connectivity index (χ1n) is 9.94. The Balaban J connectivity index is 2.13. The van der Waals surface area contributed by atoms with Crippen molar-refractivity contribution in [2.24, 2.45) is 0 Å². The molecule has 5 nitrogen and oxygen atoms in total. The summed E-state index contributed by atoms with van der Waals surface area (Å²) in [5, 5.41) is 6.29. The zero-order valence-corrected chi connectivity index (χ0v) is 17.2. The number of carbonyl (C=O) groups is 1. The number of carbonyl (C=O) groups excluding carboxylic acids is 1. The lowest BCUT2D eigenvalue weighted by Crippen LogP contribution is -2.17. The number of rotatable bonds is 9. The summed E-state index contributed by atoms with van der Waals surface area (Å²) in [4.78, 5) is 21.3. The molecule has 146 valence electrons. The van der Waals surface area contributed by atoms with Crippen LogP contribution < -0.4 is 10.6 Å². The monoisotopic (exact) mass is 368 g/mol. The summed E-state index contributed by atoms with van der Waals surface area (Å²) in [6, 6.07) is 6.21. The second-order valence-corrected chi connectivity index (χ2v) is 7.50. The van der Waals surface area contributed by atoms with Crippen molar-refractivity contribution in [3.05, 3.63) is 47.3 Å². The zero-order chi connectivity index (χ0) is 19.8. The number of hydrogen-bond donors (Lipinski definition) is 2. The maximum atomic E-state index is 12.8. The van der Waals surface area contributed by atoms with Crippen molar-refractivity contribution >= 4 is 17.5 Å². The van der Waals surface area contributed by atoms with Gasteiger partial charge < -0.3 is 10.6 Å². The van der Waals surface area contributed by atoms with E-state index in [0.29, 0.717) is 23.3 Å². The number of nitrogens with one attached hydrogen (secondary N) is 2. The van der Waals surface area contributed by atoms with Gasteiger partial charge in [-0.15, -0.1) is 0 Å². The van der Waals surface area contributed by atoms with Crippen molar-refractivity contribution in [1.82, 2.24) is 9.97 Å². The van der Waals surface area contributed by atoms with Crippen LogP contribution in [0.25, 0.3) is 0 Å². The highest BCUT2D eigenvalue weighted by atomic mass is 16.1. The maximum absolute atomic E-state index is 12.8. The molecule has 2 aromatic rings. The first-order chi connectivity index (χ1) is 12.9. The highest BCUT2D eigenvalue weighted by molar-refractivity contribution is 6.04. The number of amides is 1. The van der Waals surface area contributed by atoms with Crippen LogP contribution in [0.5, 0.6) is 0 Å². The largest absolute Gasteiger partial charge is 0.354 e. The molecular formula is C22H32N4O. The Labute approximate surface area is 163 Å². The van der Waals surface area contributed by atoms with Crippen LogP contribution in [0.1, 0.15) is 87.2 Å². The molecule has 0 aliphatic heterocycles. The van der Waals surface area contributed by atoms with E-state index in [1.54, 1.807) is 12.4 Å². The molecule has 1 amide bonds. The van der Waals surface area contributed by atoms with E-state index >= 15 is 0 Å². The topological polar surface area (TPSA) is 66.9 Å². The van der Waals surface area contributed by atoms with Gasteiger partial charge in [0.25, 0.3) is 5.91 Å². The molecule has 1 heterocycles. The van der Waals surface area contributed by atoms with Crippen LogP contribution in [-0.2, 0) is 0 Å². The van der Waals surface area contributed by atoms with E-state index < -0.39 is 0 Å². The summed E-state index contributed by atoms with van der Waals surface area (Å²) >= 11 is 0. The van der Waals surface area contributed by atoms with Gasteiger partial charge in [-0.3, -0.25) is 4.79 Å². The Morgan fingerprint density at radius 1 is 1.00 bits per heavy atom. The minimum absolute atomic E-state index is 0.178. The molecule has 0 spiro atoms. The van der Waals surface area contributed by atoms with Crippen molar-refractivity contribution in [3.8, 4) is 0 Å². The van der Waals surface area contributed by atoms with Crippen molar-refractivity contribution in [1.29, 1.82) is 0 Å². The van der Waals surface area contributed by atoms with Gasteiger partial charge in [0.15, 0.2) is 0 Å². The van der Waals surface area contributed by atoms with Gasteiger partial charge in [0, 0.05) is 24.6 Å². The van der Waals surface area contributed by atoms with E-state index in [4.69, 9.17) is 0 Å². The second kappa shape index (κ2) is 10.0. The van der Waals surface area contributed by atoms with Gasteiger partial charge in [-0.1, -0.05) is 65.7 Å². The molecule has 2 rings (SSSR count). The zero-order valence-electron chi connectivity index (χ0n) is 17.2. The molecule has 0 bridgehead atoms. The molecule has 0 fully saturated rings. The van der Waals surface area contributed by atoms with Gasteiger partial charge in [-0.2, -0.15) is 0 Å². The Kier molecular flexibility index (Phi) is 7.77. The normalized spacial score (nSPS) is 11.1. The molecule has 27 heavy (non-hydrogen) atoms. The predicted molar refractivity (Wildman–Crippen MR) is 113 cm³/mol. The third-order valence-corrected chi connectivity index (χ3v) is 4.59. The number of nitrogens with zero attached hydrogens (tertiary/aromatic N) is 2. The molecular weight excluding hydrogens is 336 g/mol. The van der Waals surface area contributed by atoms with Gasteiger partial charge in [0.2, 0.25) is 5.95 Å². The molecule has 5 heteroatoms. The first-order valence-corrected chi connectivity index (χ1v) is 9.94. The smallest absolute Gasteiger partial charge is 0.258 e. The fraction of sp³-hybridized carbons (Fsp3) is 0.500. The number of aromatic nitrogens is 2. The Morgan fingerprint density at radius 2 is 1.59 bits per heavy atom. The van der Waals surface area contributed by atoms with Crippen LogP contribution in [0.15, 0.2) is 30.6 Å². The lowest BCUT2D eigenvalue weighted by atomic mass is 9.92. The van der Waals surface area contributed by atoms with Crippen molar-refractivity contribution in [2.45, 2.75) is 65.7 Å². The summed E-state index contributed by atoms with van der Waals surface area (Å²) in [6.07, 6.45) is 6.61. The Morgan fingerprint density at radius 3 is 2.11 bits per heavy atom. The fourth-order valence-corrected chi connectivity index (χ4v) is 2.99. The van der Waals surface area contributed by atoms with Crippen LogP contribution in [0.3, 0.4) is 0 Å². The molecule has 0 atom stereocenters. The quantitative estimate of drug-likeness (QED) is 0.567. The van der Waals surface area contributed by atoms with Gasteiger partial charge in [0.05, 0.1) is 5.56 Å². The lowest BCUT2D eigenvalue weighted by Gasteiger charge is -2.20. The molecule has 0 aliphatic rings. The number of benzene rings is 1. The van der Waals surface area contributed by atoms with Crippen molar-refractivity contribution < 1.29 is 4.79 Å². The average molecular weight is 369 g/mol. The van der Waals surface area contributed by atoms with Gasteiger partial charge in [-0.25, -0.2) is 9.97 Å². The van der Waals surface area contributed by atoms with E-state index in [2.05, 4.69) is 73.4 Å². The van der Waals surface area contributed by atoms with Crippen LogP contribution in [-0.4, -0.2) is 22.4 Å². The molecule has 0 saturated heterocycles. The Bertz CT molecular complexity index is 712. The van der Waals surface area contributed by atoms with E-state index in [1.165, 1.54) is 12.8 Å². The van der Waals surface area contributed by atoms with E-state index in [-0.39, 0.29) is 5.91 Å². The second-order valence-electron chi connectivity index (χ2n) is 7.50. The van der Waals surface area contributed by atoms with E-state index in [0.717, 1.165) is 29.8 Å². The lowest BCUT2D eigenvalue weighted by molar-refractivity contribution is 0.102. The van der Waals surface area contributed by atoms with Crippen LogP contribution >= 0.6 is 0 Å². The van der Waals surface area contributed by atoms with Crippen molar-refractivity contribution in [2.75, 3.05) is 17.2 Å². The minimum atomic E-state index is -0.178. The summed E-state index contributed by atoms with van der Waals surface area (Å²) < 4.78 is 0. The summed E-state index contributed by atoms with van der Waals surface area (Å²) in [6.45, 7) is 11.6. The van der Waals surface area contributed by atoms with E-state index in [1.807, 2.05) is 0 Å². The summed E-state index contributed by atoms with van der Waals surface area (Å²) in [5.41, 5.74) is 3.66. The molecule has 0 saturated carbocycles. The highest BCUT2D eigenvalue weighted by Crippen LogP contribution is 2.32. The van der Waals surface area contributed by atoms with Gasteiger partial charge >= 0.3 is 0 Å². The molecule has 0 radical (unpaired) electrons. The Hall–Kier alpha value is -2.43. The van der Waals surface area contributed by atoms with Crippen LogP contribution in [0.2, 0.25) is 0 Å². The highest BCUT2D eigenvalue weighted by Gasteiger charge is 2.17. The molecule has 0 unspecified atom stereocenters. The first kappa shape index (κ1) is 20.9. The molecule has 0 aliphatic carbocycles. The maximum Gasteiger partial charge on any atom is 0.258 e. The predicted octanol–water partition coefficient (Wildman–Crippen LogP) is 5.58. The SMILES string of the molecule is CCCCCNc1ncc(C(=O)Nc2c(C(C)C)cccc2C(C)C)cn1. The van der Waals surface area contributed by atoms with Gasteiger partial charge in [-0.05, 0) is 29.4 Å². The van der Waals surface area contributed by atoms with Crippen LogP contribution in [0, 0.1) is 0 Å². The standard InChI is InChI=1S/C22H32N4O/c1-6-7-8-12-23-22-24-13-17(14-25-22)21(27)26-20-18(15(2)3)10-9-11-19(20)16(4)5/h9-11,13-16H,6-8,12H2,1-5H3,(H,26,27)(H,23,24,25). The third-order valence-electron chi connectivity index (χ3n) is 4.59. The molecule has 1 aromatic carbocycles.